The van der Waals surface area contributed by atoms with Crippen molar-refractivity contribution in [2.75, 3.05) is 13.1 Å². The van der Waals surface area contributed by atoms with E-state index in [-0.39, 0.29) is 0 Å². The van der Waals surface area contributed by atoms with Crippen LogP contribution in [0.15, 0.2) is 18.5 Å². The second kappa shape index (κ2) is 3.23. The zero-order valence-corrected chi connectivity index (χ0v) is 6.86. The Morgan fingerprint density at radius 1 is 1.33 bits per heavy atom. The molecule has 4 heteroatoms. The van der Waals surface area contributed by atoms with Gasteiger partial charge in [0.05, 0.1) is 6.04 Å². The molecule has 0 bridgehead atoms. The van der Waals surface area contributed by atoms with Crippen LogP contribution in [0.5, 0.6) is 0 Å². The van der Waals surface area contributed by atoms with Gasteiger partial charge in [0, 0.05) is 25.5 Å². The van der Waals surface area contributed by atoms with Crippen molar-refractivity contribution >= 4 is 0 Å². The van der Waals surface area contributed by atoms with E-state index >= 15 is 0 Å². The van der Waals surface area contributed by atoms with E-state index in [0.29, 0.717) is 19.1 Å². The summed E-state index contributed by atoms with van der Waals surface area (Å²) in [5, 5.41) is 5.02. The van der Waals surface area contributed by atoms with Crippen molar-refractivity contribution in [3.63, 3.8) is 0 Å². The summed E-state index contributed by atoms with van der Waals surface area (Å²) in [4.78, 5) is 0. The topological polar surface area (TPSA) is 21.1 Å². The first-order valence-corrected chi connectivity index (χ1v) is 4.26. The van der Waals surface area contributed by atoms with Crippen LogP contribution in [-0.2, 0) is 0 Å². The Labute approximate surface area is 70.7 Å². The lowest BCUT2D eigenvalue weighted by Gasteiger charge is -2.25. The Morgan fingerprint density at radius 2 is 2.08 bits per heavy atom. The molecule has 2 rings (SSSR count). The third kappa shape index (κ3) is 1.48. The van der Waals surface area contributed by atoms with Crippen molar-refractivity contribution in [3.05, 3.63) is 18.5 Å². The van der Waals surface area contributed by atoms with Gasteiger partial charge in [-0.1, -0.05) is 0 Å². The molecule has 0 saturated carbocycles. The Hall–Kier alpha value is -0.900. The summed E-state index contributed by atoms with van der Waals surface area (Å²) in [6, 6.07) is 2.30. The van der Waals surface area contributed by atoms with E-state index in [9.17, 15) is 4.48 Å². The van der Waals surface area contributed by atoms with Gasteiger partial charge in [0.15, 0.2) is 0 Å². The molecule has 3 nitrogen and oxygen atoms in total. The summed E-state index contributed by atoms with van der Waals surface area (Å²) in [6.07, 6.45) is 5.43. The predicted molar refractivity (Wildman–Crippen MR) is 43.2 cm³/mol. The van der Waals surface area contributed by atoms with Crippen LogP contribution in [0.4, 0.5) is 4.48 Å². The average Bonchev–Trinajstić information content (AvgIpc) is 2.58. The van der Waals surface area contributed by atoms with Gasteiger partial charge in [-0.25, -0.2) is 0 Å². The van der Waals surface area contributed by atoms with Crippen LogP contribution in [0.25, 0.3) is 0 Å². The summed E-state index contributed by atoms with van der Waals surface area (Å²) in [5.74, 6) is 0. The number of halogens is 1. The maximum atomic E-state index is 12.6. The van der Waals surface area contributed by atoms with Gasteiger partial charge in [-0.3, -0.25) is 4.68 Å². The van der Waals surface area contributed by atoms with Crippen molar-refractivity contribution in [3.8, 4) is 0 Å². The highest BCUT2D eigenvalue weighted by atomic mass is 19.2. The molecule has 1 aliphatic heterocycles. The third-order valence-corrected chi connectivity index (χ3v) is 2.31. The second-order valence-corrected chi connectivity index (χ2v) is 3.13. The number of hydrogen-bond acceptors (Lipinski definition) is 2. The van der Waals surface area contributed by atoms with Gasteiger partial charge >= 0.3 is 0 Å². The molecule has 1 aromatic rings. The van der Waals surface area contributed by atoms with Gasteiger partial charge in [0.2, 0.25) is 0 Å². The first-order chi connectivity index (χ1) is 5.86. The maximum Gasteiger partial charge on any atom is 0.0545 e. The van der Waals surface area contributed by atoms with E-state index in [1.807, 2.05) is 16.9 Å². The van der Waals surface area contributed by atoms with E-state index in [2.05, 4.69) is 5.10 Å². The van der Waals surface area contributed by atoms with E-state index in [4.69, 9.17) is 0 Å². The molecule has 0 N–H and O–H groups in total. The zero-order chi connectivity index (χ0) is 8.39. The fraction of sp³-hybridized carbons (Fsp3) is 0.625. The standard InChI is InChI=1S/C8H12FN3/c9-11-6-2-8(3-7-11)12-5-1-4-10-12/h1,4-5,8H,2-3,6-7H2. The van der Waals surface area contributed by atoms with Crippen molar-refractivity contribution in [1.29, 1.82) is 0 Å². The number of nitrogens with zero attached hydrogens (tertiary/aromatic N) is 3. The van der Waals surface area contributed by atoms with Gasteiger partial charge in [-0.15, -0.1) is 9.60 Å². The minimum atomic E-state index is 0.395. The molecular formula is C8H12FN3. The molecule has 2 heterocycles. The summed E-state index contributed by atoms with van der Waals surface area (Å²) >= 11 is 0. The Balaban J connectivity index is 1.99. The maximum absolute atomic E-state index is 12.6. The molecule has 0 atom stereocenters. The van der Waals surface area contributed by atoms with Crippen molar-refractivity contribution in [1.82, 2.24) is 14.9 Å². The van der Waals surface area contributed by atoms with Crippen LogP contribution in [0.3, 0.4) is 0 Å². The van der Waals surface area contributed by atoms with Crippen LogP contribution in [0, 0.1) is 0 Å². The molecule has 0 aliphatic carbocycles. The molecule has 0 amide bonds. The first-order valence-electron chi connectivity index (χ1n) is 4.26. The van der Waals surface area contributed by atoms with Gasteiger partial charge in [0.1, 0.15) is 0 Å². The Morgan fingerprint density at radius 3 is 2.67 bits per heavy atom. The molecule has 1 saturated heterocycles. The summed E-state index contributed by atoms with van der Waals surface area (Å²) in [6.45, 7) is 1.06. The molecule has 1 aliphatic rings. The summed E-state index contributed by atoms with van der Waals surface area (Å²) in [7, 11) is 0. The normalized spacial score (nSPS) is 21.4. The number of aromatic nitrogens is 2. The quantitative estimate of drug-likeness (QED) is 0.592. The molecule has 12 heavy (non-hydrogen) atoms. The van der Waals surface area contributed by atoms with Gasteiger partial charge in [0.25, 0.3) is 0 Å². The summed E-state index contributed by atoms with van der Waals surface area (Å²) < 4.78 is 14.5. The Kier molecular flexibility index (Phi) is 2.08. The minimum absolute atomic E-state index is 0.395. The summed E-state index contributed by atoms with van der Waals surface area (Å²) in [5.41, 5.74) is 0. The van der Waals surface area contributed by atoms with E-state index in [0.717, 1.165) is 18.0 Å². The SMILES string of the molecule is FN1CCC(n2cccn2)CC1. The van der Waals surface area contributed by atoms with Crippen LogP contribution < -0.4 is 0 Å². The van der Waals surface area contributed by atoms with E-state index < -0.39 is 0 Å². The van der Waals surface area contributed by atoms with Crippen LogP contribution >= 0.6 is 0 Å². The fourth-order valence-electron chi connectivity index (χ4n) is 1.60. The number of rotatable bonds is 1. The number of hydrogen-bond donors (Lipinski definition) is 0. The van der Waals surface area contributed by atoms with E-state index in [1.54, 1.807) is 6.20 Å². The fourth-order valence-corrected chi connectivity index (χ4v) is 1.60. The highest BCUT2D eigenvalue weighted by Gasteiger charge is 2.19. The Bertz CT molecular complexity index is 226. The zero-order valence-electron chi connectivity index (χ0n) is 6.86. The average molecular weight is 169 g/mol. The van der Waals surface area contributed by atoms with Crippen molar-refractivity contribution < 1.29 is 4.48 Å². The monoisotopic (exact) mass is 169 g/mol. The molecule has 0 radical (unpaired) electrons. The third-order valence-electron chi connectivity index (χ3n) is 2.31. The molecule has 1 fully saturated rings. The van der Waals surface area contributed by atoms with Gasteiger partial charge < -0.3 is 0 Å². The van der Waals surface area contributed by atoms with Gasteiger partial charge in [-0.05, 0) is 18.9 Å². The highest BCUT2D eigenvalue weighted by Crippen LogP contribution is 2.20. The molecule has 0 spiro atoms. The molecular weight excluding hydrogens is 157 g/mol. The lowest BCUT2D eigenvalue weighted by Crippen LogP contribution is -2.29. The smallest absolute Gasteiger partial charge is 0.0545 e. The number of piperidine rings is 1. The highest BCUT2D eigenvalue weighted by molar-refractivity contribution is 4.83. The second-order valence-electron chi connectivity index (χ2n) is 3.13. The lowest BCUT2D eigenvalue weighted by atomic mass is 10.1. The molecule has 0 aromatic carbocycles. The molecule has 1 aromatic heterocycles. The minimum Gasteiger partial charge on any atom is -0.270 e. The van der Waals surface area contributed by atoms with Crippen molar-refractivity contribution in [2.45, 2.75) is 18.9 Å². The van der Waals surface area contributed by atoms with Crippen LogP contribution in [-0.4, -0.2) is 28.0 Å². The van der Waals surface area contributed by atoms with Crippen molar-refractivity contribution in [2.24, 2.45) is 0 Å². The largest absolute Gasteiger partial charge is 0.270 e. The predicted octanol–water partition coefficient (Wildman–Crippen LogP) is 1.40. The van der Waals surface area contributed by atoms with Crippen LogP contribution in [0.2, 0.25) is 0 Å². The van der Waals surface area contributed by atoms with Crippen LogP contribution in [0.1, 0.15) is 18.9 Å². The first kappa shape index (κ1) is 7.73. The van der Waals surface area contributed by atoms with E-state index in [1.165, 1.54) is 0 Å². The van der Waals surface area contributed by atoms with Gasteiger partial charge in [-0.2, -0.15) is 5.10 Å². The molecule has 66 valence electrons. The lowest BCUT2D eigenvalue weighted by molar-refractivity contribution is -0.00801. The molecule has 0 unspecified atom stereocenters.